The van der Waals surface area contributed by atoms with Crippen molar-refractivity contribution in [2.45, 2.75) is 38.8 Å². The smallest absolute Gasteiger partial charge is 0.270 e. The molecule has 1 aliphatic rings. The maximum atomic E-state index is 12.7. The fourth-order valence-electron chi connectivity index (χ4n) is 2.27. The highest BCUT2D eigenvalue weighted by atomic mass is 16.5. The summed E-state index contributed by atoms with van der Waals surface area (Å²) in [5, 5.41) is 0. The zero-order valence-corrected chi connectivity index (χ0v) is 11.9. The van der Waals surface area contributed by atoms with Crippen LogP contribution in [-0.2, 0) is 4.74 Å². The minimum atomic E-state index is 0.0601. The van der Waals surface area contributed by atoms with Gasteiger partial charge in [0.1, 0.15) is 5.69 Å². The van der Waals surface area contributed by atoms with Crippen LogP contribution in [0.25, 0.3) is 0 Å². The summed E-state index contributed by atoms with van der Waals surface area (Å²) in [7, 11) is 1.66. The highest BCUT2D eigenvalue weighted by molar-refractivity contribution is 5.94. The van der Waals surface area contributed by atoms with Gasteiger partial charge in [-0.3, -0.25) is 4.79 Å². The zero-order valence-electron chi connectivity index (χ0n) is 11.9. The highest BCUT2D eigenvalue weighted by Crippen LogP contribution is 2.29. The Morgan fingerprint density at radius 3 is 2.79 bits per heavy atom. The SMILES string of the molecule is COCCN(C(=O)c1cc(N)cn1C(C)C)C1CC1. The normalized spacial score (nSPS) is 14.9. The average Bonchev–Trinajstić information content (AvgIpc) is 3.11. The largest absolute Gasteiger partial charge is 0.397 e. The number of methoxy groups -OCH3 is 1. The van der Waals surface area contributed by atoms with Crippen LogP contribution < -0.4 is 5.73 Å². The molecule has 106 valence electrons. The third-order valence-electron chi connectivity index (χ3n) is 3.43. The number of amides is 1. The highest BCUT2D eigenvalue weighted by Gasteiger charge is 2.34. The molecule has 2 rings (SSSR count). The lowest BCUT2D eigenvalue weighted by molar-refractivity contribution is 0.0668. The first-order valence-electron chi connectivity index (χ1n) is 6.81. The lowest BCUT2D eigenvalue weighted by Crippen LogP contribution is -2.37. The first-order valence-corrected chi connectivity index (χ1v) is 6.81. The van der Waals surface area contributed by atoms with E-state index in [1.807, 2.05) is 29.5 Å². The van der Waals surface area contributed by atoms with E-state index >= 15 is 0 Å². The molecule has 1 amide bonds. The van der Waals surface area contributed by atoms with Crippen molar-refractivity contribution in [3.63, 3.8) is 0 Å². The maximum Gasteiger partial charge on any atom is 0.270 e. The summed E-state index contributed by atoms with van der Waals surface area (Å²) in [6, 6.07) is 2.36. The van der Waals surface area contributed by atoms with Gasteiger partial charge in [0.05, 0.1) is 12.3 Å². The summed E-state index contributed by atoms with van der Waals surface area (Å²) in [4.78, 5) is 14.6. The van der Waals surface area contributed by atoms with E-state index in [0.29, 0.717) is 30.6 Å². The molecule has 0 spiro atoms. The second kappa shape index (κ2) is 5.65. The van der Waals surface area contributed by atoms with Crippen LogP contribution in [-0.4, -0.2) is 41.7 Å². The second-order valence-electron chi connectivity index (χ2n) is 5.38. The van der Waals surface area contributed by atoms with Gasteiger partial charge < -0.3 is 19.9 Å². The van der Waals surface area contributed by atoms with E-state index in [0.717, 1.165) is 12.8 Å². The van der Waals surface area contributed by atoms with Gasteiger partial charge in [-0.05, 0) is 32.8 Å². The summed E-state index contributed by atoms with van der Waals surface area (Å²) in [5.41, 5.74) is 7.15. The van der Waals surface area contributed by atoms with Crippen LogP contribution in [0.4, 0.5) is 5.69 Å². The van der Waals surface area contributed by atoms with Crippen molar-refractivity contribution in [1.82, 2.24) is 9.47 Å². The number of nitrogen functional groups attached to an aromatic ring is 1. The van der Waals surface area contributed by atoms with Crippen LogP contribution in [0, 0.1) is 0 Å². The van der Waals surface area contributed by atoms with Crippen molar-refractivity contribution >= 4 is 11.6 Å². The molecular formula is C14H23N3O2. The topological polar surface area (TPSA) is 60.5 Å². The molecule has 1 heterocycles. The molecule has 0 bridgehead atoms. The molecular weight excluding hydrogens is 242 g/mol. The average molecular weight is 265 g/mol. The van der Waals surface area contributed by atoms with Gasteiger partial charge in [-0.25, -0.2) is 0 Å². The molecule has 1 aliphatic carbocycles. The van der Waals surface area contributed by atoms with E-state index in [1.165, 1.54) is 0 Å². The van der Waals surface area contributed by atoms with Gasteiger partial charge in [0.2, 0.25) is 0 Å². The maximum absolute atomic E-state index is 12.7. The van der Waals surface area contributed by atoms with E-state index in [2.05, 4.69) is 0 Å². The molecule has 1 aromatic heterocycles. The Morgan fingerprint density at radius 1 is 1.58 bits per heavy atom. The first kappa shape index (κ1) is 13.9. The summed E-state index contributed by atoms with van der Waals surface area (Å²) in [6.07, 6.45) is 4.01. The van der Waals surface area contributed by atoms with Crippen molar-refractivity contribution in [3.05, 3.63) is 18.0 Å². The molecule has 2 N–H and O–H groups in total. The lowest BCUT2D eigenvalue weighted by atomic mass is 10.3. The molecule has 1 saturated carbocycles. The molecule has 5 nitrogen and oxygen atoms in total. The quantitative estimate of drug-likeness (QED) is 0.854. The van der Waals surface area contributed by atoms with Gasteiger partial charge in [-0.15, -0.1) is 0 Å². The van der Waals surface area contributed by atoms with Gasteiger partial charge in [-0.2, -0.15) is 0 Å². The Morgan fingerprint density at radius 2 is 2.26 bits per heavy atom. The van der Waals surface area contributed by atoms with Crippen LogP contribution in [0.15, 0.2) is 12.3 Å². The standard InChI is InChI=1S/C14H23N3O2/c1-10(2)17-9-11(15)8-13(17)14(18)16(6-7-19-3)12-4-5-12/h8-10,12H,4-7,15H2,1-3H3. The van der Waals surface area contributed by atoms with Gasteiger partial charge in [-0.1, -0.05) is 0 Å². The minimum Gasteiger partial charge on any atom is -0.397 e. The van der Waals surface area contributed by atoms with Gasteiger partial charge in [0.15, 0.2) is 0 Å². The van der Waals surface area contributed by atoms with Crippen LogP contribution in [0.3, 0.4) is 0 Å². The first-order chi connectivity index (χ1) is 9.04. The van der Waals surface area contributed by atoms with Crippen molar-refractivity contribution in [1.29, 1.82) is 0 Å². The number of nitrogens with zero attached hydrogens (tertiary/aromatic N) is 2. The number of hydrogen-bond donors (Lipinski definition) is 1. The molecule has 0 aromatic carbocycles. The van der Waals surface area contributed by atoms with E-state index in [1.54, 1.807) is 13.2 Å². The molecule has 0 aliphatic heterocycles. The predicted molar refractivity (Wildman–Crippen MR) is 75.2 cm³/mol. The van der Waals surface area contributed by atoms with Gasteiger partial charge >= 0.3 is 0 Å². The number of aromatic nitrogens is 1. The number of nitrogens with two attached hydrogens (primary N) is 1. The molecule has 1 aromatic rings. The monoisotopic (exact) mass is 265 g/mol. The number of anilines is 1. The number of hydrogen-bond acceptors (Lipinski definition) is 3. The number of ether oxygens (including phenoxy) is 1. The van der Waals surface area contributed by atoms with E-state index < -0.39 is 0 Å². The Labute approximate surface area is 114 Å². The number of carbonyl (C=O) groups is 1. The Kier molecular flexibility index (Phi) is 4.14. The summed E-state index contributed by atoms with van der Waals surface area (Å²) >= 11 is 0. The predicted octanol–water partition coefficient (Wildman–Crippen LogP) is 1.90. The lowest BCUT2D eigenvalue weighted by Gasteiger charge is -2.23. The van der Waals surface area contributed by atoms with E-state index in [9.17, 15) is 4.79 Å². The zero-order chi connectivity index (χ0) is 14.0. The number of rotatable bonds is 6. The Balaban J connectivity index is 2.21. The van der Waals surface area contributed by atoms with E-state index in [4.69, 9.17) is 10.5 Å². The molecule has 5 heteroatoms. The van der Waals surface area contributed by atoms with Crippen LogP contribution in [0.1, 0.15) is 43.2 Å². The van der Waals surface area contributed by atoms with Crippen LogP contribution in [0.2, 0.25) is 0 Å². The summed E-state index contributed by atoms with van der Waals surface area (Å²) in [6.45, 7) is 5.31. The third kappa shape index (κ3) is 3.10. The Bertz CT molecular complexity index is 450. The molecule has 0 unspecified atom stereocenters. The van der Waals surface area contributed by atoms with Gasteiger partial charge in [0.25, 0.3) is 5.91 Å². The van der Waals surface area contributed by atoms with Crippen molar-refractivity contribution in [2.24, 2.45) is 0 Å². The molecule has 19 heavy (non-hydrogen) atoms. The third-order valence-corrected chi connectivity index (χ3v) is 3.43. The van der Waals surface area contributed by atoms with Gasteiger partial charge in [0, 0.05) is 31.9 Å². The molecule has 0 saturated heterocycles. The van der Waals surface area contributed by atoms with Crippen molar-refractivity contribution < 1.29 is 9.53 Å². The molecule has 0 atom stereocenters. The van der Waals surface area contributed by atoms with Crippen LogP contribution in [0.5, 0.6) is 0 Å². The van der Waals surface area contributed by atoms with Crippen molar-refractivity contribution in [3.8, 4) is 0 Å². The molecule has 0 radical (unpaired) electrons. The van der Waals surface area contributed by atoms with Crippen molar-refractivity contribution in [2.75, 3.05) is 26.0 Å². The minimum absolute atomic E-state index is 0.0601. The van der Waals surface area contributed by atoms with Crippen LogP contribution >= 0.6 is 0 Å². The second-order valence-corrected chi connectivity index (χ2v) is 5.38. The Hall–Kier alpha value is -1.49. The fraction of sp³-hybridized carbons (Fsp3) is 0.643. The molecule has 1 fully saturated rings. The summed E-state index contributed by atoms with van der Waals surface area (Å²) in [5.74, 6) is 0.0601. The van der Waals surface area contributed by atoms with E-state index in [-0.39, 0.29) is 11.9 Å². The fourth-order valence-corrected chi connectivity index (χ4v) is 2.27. The summed E-state index contributed by atoms with van der Waals surface area (Å²) < 4.78 is 7.04. The number of carbonyl (C=O) groups excluding carboxylic acids is 1.